The van der Waals surface area contributed by atoms with Crippen molar-refractivity contribution >= 4 is 15.7 Å². The predicted molar refractivity (Wildman–Crippen MR) is 110 cm³/mol. The summed E-state index contributed by atoms with van der Waals surface area (Å²) < 4.78 is 23.2. The summed E-state index contributed by atoms with van der Waals surface area (Å²) in [6.07, 6.45) is 1.83. The van der Waals surface area contributed by atoms with Gasteiger partial charge >= 0.3 is 0 Å². The van der Waals surface area contributed by atoms with Gasteiger partial charge in [-0.2, -0.15) is 0 Å². The van der Waals surface area contributed by atoms with Crippen LogP contribution in [0.4, 0.5) is 0 Å². The fraction of sp³-hybridized carbons (Fsp3) is 0.318. The molecule has 0 radical (unpaired) electrons. The normalized spacial score (nSPS) is 12.6. The van der Waals surface area contributed by atoms with Crippen molar-refractivity contribution in [2.75, 3.05) is 6.26 Å². The van der Waals surface area contributed by atoms with E-state index < -0.39 is 15.4 Å². The first-order chi connectivity index (χ1) is 13.0. The Balaban J connectivity index is 2.12. The van der Waals surface area contributed by atoms with Gasteiger partial charge in [-0.05, 0) is 62.2 Å². The molecule has 0 aromatic heterocycles. The van der Waals surface area contributed by atoms with E-state index in [-0.39, 0.29) is 16.8 Å². The van der Waals surface area contributed by atoms with Gasteiger partial charge in [0.25, 0.3) is 5.91 Å². The Morgan fingerprint density at radius 2 is 1.68 bits per heavy atom. The maximum Gasteiger partial charge on any atom is 0.251 e. The lowest BCUT2D eigenvalue weighted by Crippen LogP contribution is -2.28. The highest BCUT2D eigenvalue weighted by molar-refractivity contribution is 7.90. The third-order valence-electron chi connectivity index (χ3n) is 4.08. The van der Waals surface area contributed by atoms with Crippen LogP contribution in [0.1, 0.15) is 54.7 Å². The molecule has 0 saturated heterocycles. The van der Waals surface area contributed by atoms with Crippen molar-refractivity contribution in [3.63, 3.8) is 0 Å². The van der Waals surface area contributed by atoms with E-state index in [9.17, 15) is 18.3 Å². The van der Waals surface area contributed by atoms with Crippen molar-refractivity contribution in [3.05, 3.63) is 65.2 Å². The molecule has 0 aliphatic heterocycles. The summed E-state index contributed by atoms with van der Waals surface area (Å²) in [7, 11) is -3.25. The molecule has 1 unspecified atom stereocenters. The number of carbonyl (C=O) groups excluding carboxylic acids is 1. The van der Waals surface area contributed by atoms with E-state index in [0.29, 0.717) is 17.5 Å². The van der Waals surface area contributed by atoms with Crippen molar-refractivity contribution in [1.29, 1.82) is 0 Å². The van der Waals surface area contributed by atoms with E-state index in [1.54, 1.807) is 62.4 Å². The zero-order valence-corrected chi connectivity index (χ0v) is 17.3. The molecule has 2 aromatic rings. The van der Waals surface area contributed by atoms with Crippen molar-refractivity contribution in [2.45, 2.75) is 43.7 Å². The van der Waals surface area contributed by atoms with Crippen molar-refractivity contribution in [3.8, 4) is 11.8 Å². The van der Waals surface area contributed by atoms with Crippen molar-refractivity contribution < 1.29 is 18.3 Å². The molecule has 1 amide bonds. The zero-order chi connectivity index (χ0) is 20.9. The highest BCUT2D eigenvalue weighted by atomic mass is 32.2. The Hall–Kier alpha value is -2.62. The monoisotopic (exact) mass is 399 g/mol. The fourth-order valence-electron chi connectivity index (χ4n) is 2.54. The molecule has 1 atom stereocenters. The summed E-state index contributed by atoms with van der Waals surface area (Å²) in [5.74, 6) is 5.37. The molecule has 5 nitrogen and oxygen atoms in total. The van der Waals surface area contributed by atoms with Crippen molar-refractivity contribution in [1.82, 2.24) is 5.32 Å². The van der Waals surface area contributed by atoms with E-state index in [4.69, 9.17) is 0 Å². The largest absolute Gasteiger partial charge is 0.378 e. The van der Waals surface area contributed by atoms with Crippen LogP contribution in [-0.2, 0) is 9.84 Å². The first kappa shape index (κ1) is 21.7. The Kier molecular flexibility index (Phi) is 6.65. The van der Waals surface area contributed by atoms with Gasteiger partial charge in [0.1, 0.15) is 5.60 Å². The predicted octanol–water partition coefficient (Wildman–Crippen LogP) is 3.09. The number of sulfone groups is 1. The van der Waals surface area contributed by atoms with Gasteiger partial charge in [0, 0.05) is 17.4 Å². The molecule has 0 aliphatic rings. The van der Waals surface area contributed by atoms with Crippen LogP contribution >= 0.6 is 0 Å². The van der Waals surface area contributed by atoms with Gasteiger partial charge in [0.05, 0.1) is 10.9 Å². The van der Waals surface area contributed by atoms with Crippen LogP contribution in [0.2, 0.25) is 0 Å². The van der Waals surface area contributed by atoms with Crippen LogP contribution in [0.15, 0.2) is 53.4 Å². The van der Waals surface area contributed by atoms with Gasteiger partial charge in [-0.1, -0.05) is 30.9 Å². The number of benzene rings is 2. The second-order valence-corrected chi connectivity index (χ2v) is 9.18. The van der Waals surface area contributed by atoms with E-state index in [1.165, 1.54) is 0 Å². The summed E-state index contributed by atoms with van der Waals surface area (Å²) >= 11 is 0. The summed E-state index contributed by atoms with van der Waals surface area (Å²) in [5.41, 5.74) is 0.981. The molecular formula is C22H25NO4S. The topological polar surface area (TPSA) is 83.5 Å². The molecule has 0 saturated carbocycles. The van der Waals surface area contributed by atoms with Gasteiger partial charge in [-0.15, -0.1) is 0 Å². The summed E-state index contributed by atoms with van der Waals surface area (Å²) in [6, 6.07) is 13.2. The molecule has 2 N–H and O–H groups in total. The number of nitrogens with one attached hydrogen (secondary N) is 1. The van der Waals surface area contributed by atoms with Crippen LogP contribution in [0.25, 0.3) is 0 Å². The van der Waals surface area contributed by atoms with Crippen LogP contribution in [-0.4, -0.2) is 31.3 Å². The second kappa shape index (κ2) is 8.59. The van der Waals surface area contributed by atoms with E-state index >= 15 is 0 Å². The van der Waals surface area contributed by atoms with Crippen LogP contribution < -0.4 is 5.32 Å². The smallest absolute Gasteiger partial charge is 0.251 e. The second-order valence-electron chi connectivity index (χ2n) is 7.16. The summed E-state index contributed by atoms with van der Waals surface area (Å²) in [4.78, 5) is 12.8. The van der Waals surface area contributed by atoms with E-state index in [0.717, 1.165) is 11.8 Å². The highest BCUT2D eigenvalue weighted by Gasteiger charge is 2.15. The average molecular weight is 400 g/mol. The molecule has 28 heavy (non-hydrogen) atoms. The first-order valence-corrected chi connectivity index (χ1v) is 10.9. The average Bonchev–Trinajstić information content (AvgIpc) is 2.63. The molecule has 2 rings (SSSR count). The highest BCUT2D eigenvalue weighted by Crippen LogP contribution is 2.20. The van der Waals surface area contributed by atoms with Gasteiger partial charge in [0.2, 0.25) is 0 Å². The Bertz CT molecular complexity index is 990. The molecule has 0 heterocycles. The molecule has 0 bridgehead atoms. The third-order valence-corrected chi connectivity index (χ3v) is 5.21. The van der Waals surface area contributed by atoms with Crippen LogP contribution in [0.5, 0.6) is 0 Å². The minimum atomic E-state index is -3.25. The molecule has 0 aliphatic carbocycles. The maximum absolute atomic E-state index is 12.6. The SMILES string of the molecule is CCC(NC(=O)c1ccc(C#CC(C)(C)O)cc1)c1ccc(S(C)(=O)=O)cc1. The number of rotatable bonds is 5. The number of amides is 1. The van der Waals surface area contributed by atoms with Gasteiger partial charge < -0.3 is 10.4 Å². The lowest BCUT2D eigenvalue weighted by atomic mass is 10.0. The van der Waals surface area contributed by atoms with Gasteiger partial charge in [-0.25, -0.2) is 8.42 Å². The number of carbonyl (C=O) groups is 1. The fourth-order valence-corrected chi connectivity index (χ4v) is 3.17. The molecule has 0 spiro atoms. The van der Waals surface area contributed by atoms with Crippen LogP contribution in [0.3, 0.4) is 0 Å². The molecule has 6 heteroatoms. The van der Waals surface area contributed by atoms with Gasteiger partial charge in [-0.3, -0.25) is 4.79 Å². The Morgan fingerprint density at radius 3 is 2.14 bits per heavy atom. The number of hydrogen-bond donors (Lipinski definition) is 2. The quantitative estimate of drug-likeness (QED) is 0.757. The number of hydrogen-bond acceptors (Lipinski definition) is 4. The summed E-state index contributed by atoms with van der Waals surface area (Å²) in [6.45, 7) is 5.16. The first-order valence-electron chi connectivity index (χ1n) is 8.96. The minimum Gasteiger partial charge on any atom is -0.378 e. The maximum atomic E-state index is 12.6. The minimum absolute atomic E-state index is 0.221. The van der Waals surface area contributed by atoms with Gasteiger partial charge in [0.15, 0.2) is 9.84 Å². The Morgan fingerprint density at radius 1 is 1.11 bits per heavy atom. The lowest BCUT2D eigenvalue weighted by molar-refractivity contribution is 0.0935. The number of aliphatic hydroxyl groups is 1. The molecule has 148 valence electrons. The van der Waals surface area contributed by atoms with E-state index in [2.05, 4.69) is 17.2 Å². The third kappa shape index (κ3) is 6.22. The Labute approximate surface area is 166 Å². The zero-order valence-electron chi connectivity index (χ0n) is 16.5. The molecule has 2 aromatic carbocycles. The van der Waals surface area contributed by atoms with Crippen molar-refractivity contribution in [2.24, 2.45) is 0 Å². The molecule has 0 fully saturated rings. The summed E-state index contributed by atoms with van der Waals surface area (Å²) in [5, 5.41) is 12.6. The molecular weight excluding hydrogens is 374 g/mol. The standard InChI is InChI=1S/C22H25NO4S/c1-5-20(17-10-12-19(13-11-17)28(4,26)27)23-21(24)18-8-6-16(7-9-18)14-15-22(2,3)25/h6-13,20,25H,5H2,1-4H3,(H,23,24). The van der Waals surface area contributed by atoms with Crippen LogP contribution in [0, 0.1) is 11.8 Å². The lowest BCUT2D eigenvalue weighted by Gasteiger charge is -2.18. The van der Waals surface area contributed by atoms with E-state index in [1.807, 2.05) is 6.92 Å².